The van der Waals surface area contributed by atoms with Crippen LogP contribution in [0.5, 0.6) is 5.75 Å². The Bertz CT molecular complexity index is 1190. The molecule has 13 heteroatoms. The lowest BCUT2D eigenvalue weighted by atomic mass is 9.98. The summed E-state index contributed by atoms with van der Waals surface area (Å²) in [5.41, 5.74) is 0.411. The number of esters is 4. The number of nitro groups is 1. The van der Waals surface area contributed by atoms with E-state index >= 15 is 0 Å². The van der Waals surface area contributed by atoms with Gasteiger partial charge in [0.2, 0.25) is 12.4 Å². The molecule has 0 aliphatic carbocycles. The molecule has 0 radical (unpaired) electrons. The van der Waals surface area contributed by atoms with Gasteiger partial charge in [0.15, 0.2) is 12.2 Å². The Balaban J connectivity index is 2.12. The molecule has 1 aromatic rings. The lowest BCUT2D eigenvalue weighted by Crippen LogP contribution is -2.63. The van der Waals surface area contributed by atoms with Crippen LogP contribution >= 0.6 is 0 Å². The van der Waals surface area contributed by atoms with Crippen LogP contribution in [0.2, 0.25) is 0 Å². The maximum Gasteiger partial charge on any atom is 0.303 e. The molecular formula is C35H53NO12. The molecule has 0 unspecified atom stereocenters. The average molecular weight is 680 g/mol. The quantitative estimate of drug-likeness (QED) is 0.0419. The Morgan fingerprint density at radius 1 is 0.708 bits per heavy atom. The molecule has 0 bridgehead atoms. The van der Waals surface area contributed by atoms with Gasteiger partial charge in [0.25, 0.3) is 5.69 Å². The van der Waals surface area contributed by atoms with Crippen molar-refractivity contribution in [1.29, 1.82) is 0 Å². The molecule has 1 fully saturated rings. The third-order valence-electron chi connectivity index (χ3n) is 8.00. The summed E-state index contributed by atoms with van der Waals surface area (Å²) in [4.78, 5) is 59.1. The largest absolute Gasteiger partial charge is 0.463 e. The topological polar surface area (TPSA) is 167 Å². The number of aryl methyl sites for hydroxylation is 1. The van der Waals surface area contributed by atoms with E-state index in [1.807, 2.05) is 0 Å². The fraction of sp³-hybridized carbons (Fsp3) is 0.714. The highest BCUT2D eigenvalue weighted by atomic mass is 16.7. The molecule has 0 N–H and O–H groups in total. The summed E-state index contributed by atoms with van der Waals surface area (Å²) >= 11 is 0. The van der Waals surface area contributed by atoms with Crippen LogP contribution < -0.4 is 4.74 Å². The Labute approximate surface area is 283 Å². The maximum absolute atomic E-state index is 12.1. The van der Waals surface area contributed by atoms with Crippen LogP contribution in [0.25, 0.3) is 0 Å². The first kappa shape index (κ1) is 40.4. The van der Waals surface area contributed by atoms with Crippen LogP contribution in [0.1, 0.15) is 124 Å². The van der Waals surface area contributed by atoms with Crippen molar-refractivity contribution in [1.82, 2.24) is 0 Å². The minimum Gasteiger partial charge on any atom is -0.463 e. The molecule has 1 aliphatic heterocycles. The number of nitrogens with zero attached hydrogens (tertiary/aromatic N) is 1. The second-order valence-corrected chi connectivity index (χ2v) is 12.2. The van der Waals surface area contributed by atoms with Gasteiger partial charge in [-0.05, 0) is 25.0 Å². The van der Waals surface area contributed by atoms with E-state index in [9.17, 15) is 29.3 Å². The summed E-state index contributed by atoms with van der Waals surface area (Å²) in [7, 11) is 0. The molecule has 2 rings (SSSR count). The summed E-state index contributed by atoms with van der Waals surface area (Å²) in [6.45, 7) is 6.39. The molecule has 0 amide bonds. The smallest absolute Gasteiger partial charge is 0.303 e. The summed E-state index contributed by atoms with van der Waals surface area (Å²) in [6.07, 6.45) is 9.12. The predicted molar refractivity (Wildman–Crippen MR) is 175 cm³/mol. The standard InChI is InChI=1S/C35H53NO12/c1-6-7-8-9-10-11-12-13-14-15-16-17-18-19-28-22-29(20-21-30(28)36(41)42)47-35-34(46-27(5)40)33(45-26(4)39)32(44-25(3)38)31(48-35)23-43-24(2)37/h20-22,31-35H,6-19,23H2,1-5H3/t31-,32+,33+,34+,35+/m0/s1. The molecule has 5 atom stereocenters. The Morgan fingerprint density at radius 2 is 1.21 bits per heavy atom. The fourth-order valence-corrected chi connectivity index (χ4v) is 5.76. The van der Waals surface area contributed by atoms with E-state index in [0.29, 0.717) is 12.0 Å². The van der Waals surface area contributed by atoms with E-state index in [0.717, 1.165) is 46.5 Å². The van der Waals surface area contributed by atoms with Gasteiger partial charge in [0, 0.05) is 39.3 Å². The highest BCUT2D eigenvalue weighted by molar-refractivity contribution is 5.68. The lowest BCUT2D eigenvalue weighted by molar-refractivity contribution is -0.385. The van der Waals surface area contributed by atoms with Gasteiger partial charge < -0.3 is 28.4 Å². The van der Waals surface area contributed by atoms with Crippen LogP contribution in [0, 0.1) is 10.1 Å². The van der Waals surface area contributed by atoms with Crippen molar-refractivity contribution in [2.45, 2.75) is 155 Å². The first-order chi connectivity index (χ1) is 22.9. The molecule has 13 nitrogen and oxygen atoms in total. The van der Waals surface area contributed by atoms with E-state index in [2.05, 4.69) is 6.92 Å². The first-order valence-corrected chi connectivity index (χ1v) is 17.2. The van der Waals surface area contributed by atoms with E-state index < -0.39 is 66.1 Å². The van der Waals surface area contributed by atoms with Crippen LogP contribution in [-0.4, -0.2) is 66.1 Å². The van der Waals surface area contributed by atoms with Gasteiger partial charge in [-0.25, -0.2) is 0 Å². The van der Waals surface area contributed by atoms with Gasteiger partial charge in [0.1, 0.15) is 18.5 Å². The first-order valence-electron chi connectivity index (χ1n) is 17.2. The molecular weight excluding hydrogens is 626 g/mol. The average Bonchev–Trinajstić information content (AvgIpc) is 3.00. The number of unbranched alkanes of at least 4 members (excludes halogenated alkanes) is 12. The zero-order chi connectivity index (χ0) is 35.5. The predicted octanol–water partition coefficient (Wildman–Crippen LogP) is 6.69. The number of ether oxygens (including phenoxy) is 6. The number of rotatable bonds is 22. The maximum atomic E-state index is 12.1. The summed E-state index contributed by atoms with van der Waals surface area (Å²) < 4.78 is 33.4. The molecule has 0 aromatic heterocycles. The number of carbonyl (C=O) groups excluding carboxylic acids is 4. The Morgan fingerprint density at radius 3 is 1.71 bits per heavy atom. The van der Waals surface area contributed by atoms with Gasteiger partial charge in [-0.1, -0.05) is 84.0 Å². The second kappa shape index (κ2) is 22.0. The normalized spacial score (nSPS) is 20.4. The van der Waals surface area contributed by atoms with Crippen molar-refractivity contribution >= 4 is 29.6 Å². The Hall–Kier alpha value is -3.74. The summed E-state index contributed by atoms with van der Waals surface area (Å²) in [5.74, 6) is -2.75. The highest BCUT2D eigenvalue weighted by Gasteiger charge is 2.53. The van der Waals surface area contributed by atoms with Crippen LogP contribution in [0.15, 0.2) is 18.2 Å². The van der Waals surface area contributed by atoms with Gasteiger partial charge in [-0.15, -0.1) is 0 Å². The molecule has 1 saturated heterocycles. The molecule has 0 spiro atoms. The third kappa shape index (κ3) is 15.0. The molecule has 1 aliphatic rings. The van der Waals surface area contributed by atoms with Crippen molar-refractivity contribution in [2.75, 3.05) is 6.61 Å². The van der Waals surface area contributed by atoms with Crippen LogP contribution in [0.4, 0.5) is 5.69 Å². The van der Waals surface area contributed by atoms with E-state index in [1.165, 1.54) is 82.9 Å². The number of hydrogen-bond acceptors (Lipinski definition) is 12. The van der Waals surface area contributed by atoms with Gasteiger partial charge in [0.05, 0.1) is 4.92 Å². The minimum absolute atomic E-state index is 0.0529. The van der Waals surface area contributed by atoms with Crippen molar-refractivity contribution in [3.05, 3.63) is 33.9 Å². The third-order valence-corrected chi connectivity index (χ3v) is 8.00. The molecule has 1 heterocycles. The summed E-state index contributed by atoms with van der Waals surface area (Å²) in [6, 6.07) is 4.25. The van der Waals surface area contributed by atoms with Crippen LogP contribution in [-0.2, 0) is 49.3 Å². The highest BCUT2D eigenvalue weighted by Crippen LogP contribution is 2.33. The molecule has 270 valence electrons. The van der Waals surface area contributed by atoms with Crippen molar-refractivity contribution in [2.24, 2.45) is 0 Å². The number of benzene rings is 1. The second-order valence-electron chi connectivity index (χ2n) is 12.2. The SMILES string of the molecule is CCCCCCCCCCCCCCCc1cc(O[C@@H]2O[C@@H](COC(C)=O)[C@@H](OC(C)=O)[C@@H](OC(C)=O)[C@H]2OC(C)=O)ccc1[N+](=O)[O-]. The number of carbonyl (C=O) groups is 4. The van der Waals surface area contributed by atoms with E-state index in [-0.39, 0.29) is 11.4 Å². The minimum atomic E-state index is -1.43. The zero-order valence-electron chi connectivity index (χ0n) is 29.1. The van der Waals surface area contributed by atoms with Crippen molar-refractivity contribution in [3.8, 4) is 5.75 Å². The van der Waals surface area contributed by atoms with E-state index in [4.69, 9.17) is 28.4 Å². The van der Waals surface area contributed by atoms with Crippen molar-refractivity contribution in [3.63, 3.8) is 0 Å². The summed E-state index contributed by atoms with van der Waals surface area (Å²) in [5, 5.41) is 11.8. The number of nitro benzene ring substituents is 1. The van der Waals surface area contributed by atoms with Crippen LogP contribution in [0.3, 0.4) is 0 Å². The fourth-order valence-electron chi connectivity index (χ4n) is 5.76. The van der Waals surface area contributed by atoms with Gasteiger partial charge in [-0.2, -0.15) is 0 Å². The van der Waals surface area contributed by atoms with Crippen molar-refractivity contribution < 1.29 is 52.5 Å². The number of hydrogen-bond donors (Lipinski definition) is 0. The Kier molecular flexibility index (Phi) is 18.5. The monoisotopic (exact) mass is 679 g/mol. The van der Waals surface area contributed by atoms with Gasteiger partial charge >= 0.3 is 23.9 Å². The molecule has 0 saturated carbocycles. The molecule has 48 heavy (non-hydrogen) atoms. The van der Waals surface area contributed by atoms with E-state index in [1.54, 1.807) is 0 Å². The zero-order valence-corrected chi connectivity index (χ0v) is 29.1. The molecule has 1 aromatic carbocycles. The lowest BCUT2D eigenvalue weighted by Gasteiger charge is -2.43. The van der Waals surface area contributed by atoms with Gasteiger partial charge in [-0.3, -0.25) is 29.3 Å².